The second-order valence-electron chi connectivity index (χ2n) is 6.82. The van der Waals surface area contributed by atoms with E-state index in [1.807, 2.05) is 24.3 Å². The minimum atomic E-state index is -0.342. The Bertz CT molecular complexity index is 1120. The van der Waals surface area contributed by atoms with Gasteiger partial charge in [0.2, 0.25) is 5.91 Å². The highest BCUT2D eigenvalue weighted by Gasteiger charge is 2.21. The number of anilines is 1. The predicted molar refractivity (Wildman–Crippen MR) is 106 cm³/mol. The Morgan fingerprint density at radius 2 is 1.79 bits per heavy atom. The molecule has 4 rings (SSSR count). The van der Waals surface area contributed by atoms with Gasteiger partial charge in [-0.15, -0.1) is 0 Å². The van der Waals surface area contributed by atoms with Crippen LogP contribution >= 0.6 is 0 Å². The van der Waals surface area contributed by atoms with Gasteiger partial charge in [0.05, 0.1) is 5.39 Å². The molecule has 2 heterocycles. The zero-order valence-electron chi connectivity index (χ0n) is 15.5. The number of fused-ring (bicyclic) bond motifs is 1. The first-order valence-corrected chi connectivity index (χ1v) is 9.18. The molecule has 1 aliphatic rings. The summed E-state index contributed by atoms with van der Waals surface area (Å²) >= 11 is 0. The Morgan fingerprint density at radius 1 is 1.07 bits per heavy atom. The van der Waals surface area contributed by atoms with Crippen molar-refractivity contribution < 1.29 is 9.59 Å². The van der Waals surface area contributed by atoms with Crippen LogP contribution in [0.25, 0.3) is 10.8 Å². The van der Waals surface area contributed by atoms with Crippen LogP contribution in [-0.2, 0) is 18.4 Å². The third kappa shape index (κ3) is 3.26. The highest BCUT2D eigenvalue weighted by Crippen LogP contribution is 2.21. The van der Waals surface area contributed by atoms with Crippen molar-refractivity contribution in [1.29, 1.82) is 0 Å². The topological polar surface area (TPSA) is 84.3 Å². The smallest absolute Gasteiger partial charge is 0.274 e. The maximum absolute atomic E-state index is 12.7. The summed E-state index contributed by atoms with van der Waals surface area (Å²) in [5.41, 5.74) is 1.78. The fourth-order valence-electron chi connectivity index (χ4n) is 3.45. The molecule has 1 N–H and O–H groups in total. The van der Waals surface area contributed by atoms with E-state index in [2.05, 4.69) is 10.4 Å². The minimum Gasteiger partial charge on any atom is -0.347 e. The van der Waals surface area contributed by atoms with E-state index in [1.165, 1.54) is 11.7 Å². The van der Waals surface area contributed by atoms with Gasteiger partial charge in [-0.3, -0.25) is 14.4 Å². The summed E-state index contributed by atoms with van der Waals surface area (Å²) < 4.78 is 1.18. The molecule has 0 atom stereocenters. The van der Waals surface area contributed by atoms with E-state index in [-0.39, 0.29) is 23.1 Å². The lowest BCUT2D eigenvalue weighted by molar-refractivity contribution is -0.117. The molecule has 3 aromatic rings. The van der Waals surface area contributed by atoms with E-state index in [1.54, 1.807) is 29.2 Å². The van der Waals surface area contributed by atoms with Gasteiger partial charge in [-0.05, 0) is 30.2 Å². The number of hydrogen-bond acceptors (Lipinski definition) is 4. The van der Waals surface area contributed by atoms with E-state index in [0.29, 0.717) is 23.7 Å². The maximum Gasteiger partial charge on any atom is 0.274 e. The predicted octanol–water partition coefficient (Wildman–Crippen LogP) is 1.99. The molecule has 0 aliphatic carbocycles. The summed E-state index contributed by atoms with van der Waals surface area (Å²) in [5.74, 6) is -0.195. The number of nitrogens with zero attached hydrogens (tertiary/aromatic N) is 3. The highest BCUT2D eigenvalue weighted by atomic mass is 16.2. The summed E-state index contributed by atoms with van der Waals surface area (Å²) in [6.07, 6.45) is 1.48. The summed E-state index contributed by atoms with van der Waals surface area (Å²) in [5, 5.41) is 7.99. The Morgan fingerprint density at radius 3 is 2.46 bits per heavy atom. The van der Waals surface area contributed by atoms with Crippen LogP contribution in [0.3, 0.4) is 0 Å². The molecule has 1 aliphatic heterocycles. The molecule has 1 aromatic heterocycles. The molecule has 1 fully saturated rings. The van der Waals surface area contributed by atoms with Crippen LogP contribution < -0.4 is 15.8 Å². The van der Waals surface area contributed by atoms with Gasteiger partial charge in [0, 0.05) is 37.6 Å². The third-order valence-electron chi connectivity index (χ3n) is 4.95. The average Bonchev–Trinajstić information content (AvgIpc) is 3.15. The summed E-state index contributed by atoms with van der Waals surface area (Å²) in [4.78, 5) is 38.5. The number of carbonyl (C=O) groups is 2. The summed E-state index contributed by atoms with van der Waals surface area (Å²) in [7, 11) is 1.53. The van der Waals surface area contributed by atoms with Gasteiger partial charge in [-0.1, -0.05) is 30.3 Å². The van der Waals surface area contributed by atoms with Crippen molar-refractivity contribution in [3.05, 3.63) is 70.1 Å². The fourth-order valence-corrected chi connectivity index (χ4v) is 3.45. The summed E-state index contributed by atoms with van der Waals surface area (Å²) in [6, 6.07) is 14.5. The molecule has 0 saturated carbocycles. The van der Waals surface area contributed by atoms with Gasteiger partial charge in [0.25, 0.3) is 11.5 Å². The molecule has 7 heteroatoms. The molecule has 142 valence electrons. The molecular formula is C21H20N4O3. The SMILES string of the molecule is Cn1nc(C(=O)NCc2ccc(N3CCCC3=O)cc2)c2ccccc2c1=O. The second-order valence-corrected chi connectivity index (χ2v) is 6.82. The molecule has 0 radical (unpaired) electrons. The average molecular weight is 376 g/mol. The number of benzene rings is 2. The normalized spacial score (nSPS) is 13.9. The minimum absolute atomic E-state index is 0.147. The maximum atomic E-state index is 12.7. The second kappa shape index (κ2) is 7.26. The monoisotopic (exact) mass is 376 g/mol. The number of carbonyl (C=O) groups excluding carboxylic acids is 2. The first-order chi connectivity index (χ1) is 13.5. The number of rotatable bonds is 4. The molecule has 2 amide bonds. The van der Waals surface area contributed by atoms with Crippen LogP contribution in [0.4, 0.5) is 5.69 Å². The first kappa shape index (κ1) is 17.9. The van der Waals surface area contributed by atoms with Crippen molar-refractivity contribution >= 4 is 28.3 Å². The largest absolute Gasteiger partial charge is 0.347 e. The molecule has 0 bridgehead atoms. The highest BCUT2D eigenvalue weighted by molar-refractivity contribution is 6.04. The number of hydrogen-bond donors (Lipinski definition) is 1. The van der Waals surface area contributed by atoms with Gasteiger partial charge in [0.15, 0.2) is 5.69 Å². The van der Waals surface area contributed by atoms with Crippen LogP contribution in [0.15, 0.2) is 53.3 Å². The van der Waals surface area contributed by atoms with E-state index < -0.39 is 0 Å². The molecule has 28 heavy (non-hydrogen) atoms. The Kier molecular flexibility index (Phi) is 4.65. The van der Waals surface area contributed by atoms with Crippen LogP contribution in [-0.4, -0.2) is 28.1 Å². The molecule has 2 aromatic carbocycles. The van der Waals surface area contributed by atoms with Crippen molar-refractivity contribution in [2.45, 2.75) is 19.4 Å². The van der Waals surface area contributed by atoms with Crippen LogP contribution in [0.2, 0.25) is 0 Å². The van der Waals surface area contributed by atoms with Gasteiger partial charge >= 0.3 is 0 Å². The standard InChI is InChI=1S/C21H20N4O3/c1-24-21(28)17-6-3-2-5-16(17)19(23-24)20(27)22-13-14-8-10-15(11-9-14)25-12-4-7-18(25)26/h2-3,5-6,8-11H,4,7,12-13H2,1H3,(H,22,27). The van der Waals surface area contributed by atoms with Crippen molar-refractivity contribution in [2.75, 3.05) is 11.4 Å². The zero-order chi connectivity index (χ0) is 19.7. The van der Waals surface area contributed by atoms with Crippen molar-refractivity contribution in [3.63, 3.8) is 0 Å². The van der Waals surface area contributed by atoms with Crippen LogP contribution in [0, 0.1) is 0 Å². The van der Waals surface area contributed by atoms with Crippen LogP contribution in [0.1, 0.15) is 28.9 Å². The lowest BCUT2D eigenvalue weighted by atomic mass is 10.1. The van der Waals surface area contributed by atoms with Gasteiger partial charge < -0.3 is 10.2 Å². The number of aromatic nitrogens is 2. The number of nitrogens with one attached hydrogen (secondary N) is 1. The molecular weight excluding hydrogens is 356 g/mol. The zero-order valence-corrected chi connectivity index (χ0v) is 15.5. The van der Waals surface area contributed by atoms with Gasteiger partial charge in [0.1, 0.15) is 0 Å². The number of aryl methyl sites for hydroxylation is 1. The fraction of sp³-hybridized carbons (Fsp3) is 0.238. The third-order valence-corrected chi connectivity index (χ3v) is 4.95. The van der Waals surface area contributed by atoms with Gasteiger partial charge in [-0.2, -0.15) is 5.10 Å². The van der Waals surface area contributed by atoms with Gasteiger partial charge in [-0.25, -0.2) is 4.68 Å². The Hall–Kier alpha value is -3.48. The lowest BCUT2D eigenvalue weighted by Crippen LogP contribution is -2.29. The Labute approximate surface area is 161 Å². The molecule has 0 unspecified atom stereocenters. The quantitative estimate of drug-likeness (QED) is 0.755. The van der Waals surface area contributed by atoms with Crippen LogP contribution in [0.5, 0.6) is 0 Å². The van der Waals surface area contributed by atoms with E-state index in [0.717, 1.165) is 24.2 Å². The Balaban J connectivity index is 1.51. The lowest BCUT2D eigenvalue weighted by Gasteiger charge is -2.16. The van der Waals surface area contributed by atoms with Crippen molar-refractivity contribution in [3.8, 4) is 0 Å². The van der Waals surface area contributed by atoms with Crippen molar-refractivity contribution in [1.82, 2.24) is 15.1 Å². The van der Waals surface area contributed by atoms with E-state index in [9.17, 15) is 14.4 Å². The molecule has 7 nitrogen and oxygen atoms in total. The molecule has 0 spiro atoms. The summed E-state index contributed by atoms with van der Waals surface area (Å²) in [6.45, 7) is 1.08. The van der Waals surface area contributed by atoms with E-state index in [4.69, 9.17) is 0 Å². The van der Waals surface area contributed by atoms with Crippen molar-refractivity contribution in [2.24, 2.45) is 7.05 Å². The first-order valence-electron chi connectivity index (χ1n) is 9.18. The molecule has 1 saturated heterocycles. The van der Waals surface area contributed by atoms with E-state index >= 15 is 0 Å². The number of amides is 2.